The van der Waals surface area contributed by atoms with Crippen molar-refractivity contribution in [3.63, 3.8) is 0 Å². The number of hydrogen-bond acceptors (Lipinski definition) is 5. The molecule has 0 aliphatic heterocycles. The summed E-state index contributed by atoms with van der Waals surface area (Å²) in [5.41, 5.74) is 2.37. The normalized spacial score (nSPS) is 12.6. The van der Waals surface area contributed by atoms with Crippen molar-refractivity contribution in [3.05, 3.63) is 53.3 Å². The highest BCUT2D eigenvalue weighted by Crippen LogP contribution is 2.33. The Morgan fingerprint density at radius 3 is 2.52 bits per heavy atom. The Bertz CT molecular complexity index is 1010. The molecule has 8 heteroatoms. The maximum Gasteiger partial charge on any atom is 0.233 e. The van der Waals surface area contributed by atoms with Crippen molar-refractivity contribution in [3.8, 4) is 17.1 Å². The molecule has 0 aliphatic rings. The van der Waals surface area contributed by atoms with Crippen LogP contribution < -0.4 is 5.32 Å². The van der Waals surface area contributed by atoms with Crippen LogP contribution in [0.3, 0.4) is 0 Å². The van der Waals surface area contributed by atoms with E-state index in [9.17, 15) is 4.79 Å². The van der Waals surface area contributed by atoms with E-state index in [1.54, 1.807) is 12.4 Å². The van der Waals surface area contributed by atoms with Gasteiger partial charge >= 0.3 is 0 Å². The molecule has 2 aromatic heterocycles. The highest BCUT2D eigenvalue weighted by Gasteiger charge is 2.25. The molecule has 6 nitrogen and oxygen atoms in total. The average molecular weight is 430 g/mol. The predicted molar refractivity (Wildman–Crippen MR) is 118 cm³/mol. The molecule has 0 bridgehead atoms. The van der Waals surface area contributed by atoms with Crippen LogP contribution in [0.1, 0.15) is 33.3 Å². The van der Waals surface area contributed by atoms with Crippen molar-refractivity contribution in [1.29, 1.82) is 0 Å². The van der Waals surface area contributed by atoms with Crippen molar-refractivity contribution in [2.24, 2.45) is 0 Å². The van der Waals surface area contributed by atoms with Gasteiger partial charge in [-0.15, -0.1) is 10.2 Å². The van der Waals surface area contributed by atoms with Crippen molar-refractivity contribution in [2.45, 2.75) is 50.6 Å². The molecule has 0 aliphatic carbocycles. The summed E-state index contributed by atoms with van der Waals surface area (Å²) in [6, 6.07) is 9.47. The van der Waals surface area contributed by atoms with Gasteiger partial charge in [0.05, 0.1) is 10.9 Å². The van der Waals surface area contributed by atoms with E-state index in [1.165, 1.54) is 11.8 Å². The number of thioether (sulfide) groups is 1. The van der Waals surface area contributed by atoms with Crippen LogP contribution in [0.5, 0.6) is 0 Å². The number of benzene rings is 1. The molecular formula is C21H24ClN5OS. The van der Waals surface area contributed by atoms with Crippen LogP contribution in [0.4, 0.5) is 0 Å². The van der Waals surface area contributed by atoms with Gasteiger partial charge in [0.25, 0.3) is 0 Å². The lowest BCUT2D eigenvalue weighted by Gasteiger charge is -2.23. The molecule has 3 aromatic rings. The molecule has 1 unspecified atom stereocenters. The van der Waals surface area contributed by atoms with E-state index < -0.39 is 0 Å². The summed E-state index contributed by atoms with van der Waals surface area (Å²) in [4.78, 5) is 16.7. The van der Waals surface area contributed by atoms with Crippen LogP contribution in [0.2, 0.25) is 5.02 Å². The first-order chi connectivity index (χ1) is 13.7. The summed E-state index contributed by atoms with van der Waals surface area (Å²) < 4.78 is 1.95. The third-order valence-electron chi connectivity index (χ3n) is 4.20. The second-order valence-corrected chi connectivity index (χ2v) is 9.48. The Balaban J connectivity index is 2.05. The zero-order valence-corrected chi connectivity index (χ0v) is 18.7. The van der Waals surface area contributed by atoms with Crippen molar-refractivity contribution in [2.75, 3.05) is 0 Å². The predicted octanol–water partition coefficient (Wildman–Crippen LogP) is 4.69. The first-order valence-corrected chi connectivity index (χ1v) is 10.5. The topological polar surface area (TPSA) is 72.7 Å². The maximum atomic E-state index is 12.6. The fourth-order valence-electron chi connectivity index (χ4n) is 2.77. The molecule has 29 heavy (non-hydrogen) atoms. The molecule has 0 saturated carbocycles. The Morgan fingerprint density at radius 1 is 1.17 bits per heavy atom. The minimum Gasteiger partial charge on any atom is -0.351 e. The number of nitrogens with one attached hydrogen (secondary N) is 1. The number of carbonyl (C=O) groups is 1. The van der Waals surface area contributed by atoms with E-state index in [0.29, 0.717) is 16.0 Å². The third-order valence-corrected chi connectivity index (χ3v) is 5.65. The molecule has 1 atom stereocenters. The van der Waals surface area contributed by atoms with E-state index in [1.807, 2.05) is 69.5 Å². The molecule has 1 aromatic carbocycles. The van der Waals surface area contributed by atoms with Gasteiger partial charge in [0.1, 0.15) is 0 Å². The number of pyridine rings is 1. The third kappa shape index (κ3) is 4.97. The molecular weight excluding hydrogens is 406 g/mol. The number of nitrogens with zero attached hydrogens (tertiary/aromatic N) is 4. The van der Waals surface area contributed by atoms with Crippen molar-refractivity contribution in [1.82, 2.24) is 25.1 Å². The molecule has 152 valence electrons. The summed E-state index contributed by atoms with van der Waals surface area (Å²) in [5.74, 6) is 0.619. The summed E-state index contributed by atoms with van der Waals surface area (Å²) >= 11 is 7.74. The van der Waals surface area contributed by atoms with Gasteiger partial charge in [-0.2, -0.15) is 0 Å². The van der Waals surface area contributed by atoms with Gasteiger partial charge in [-0.25, -0.2) is 0 Å². The largest absolute Gasteiger partial charge is 0.351 e. The summed E-state index contributed by atoms with van der Waals surface area (Å²) in [6.45, 7) is 9.70. The molecule has 0 fully saturated rings. The summed E-state index contributed by atoms with van der Waals surface area (Å²) in [7, 11) is 0. The van der Waals surface area contributed by atoms with E-state index in [0.717, 1.165) is 16.8 Å². The van der Waals surface area contributed by atoms with Gasteiger partial charge < -0.3 is 5.32 Å². The number of aromatic nitrogens is 4. The molecule has 3 rings (SSSR count). The Hall–Kier alpha value is -2.38. The number of carbonyl (C=O) groups excluding carboxylic acids is 1. The fraction of sp³-hybridized carbons (Fsp3) is 0.333. The SMILES string of the molecule is Cc1c(Cl)cccc1-n1c(SC(C)C(=O)NC(C)(C)C)nnc1-c1ccncc1. The second kappa shape index (κ2) is 8.55. The van der Waals surface area contributed by atoms with Gasteiger partial charge in [-0.1, -0.05) is 29.4 Å². The van der Waals surface area contributed by atoms with E-state index in [4.69, 9.17) is 11.6 Å². The minimum absolute atomic E-state index is 0.0506. The molecule has 1 amide bonds. The Labute approximate surface area is 180 Å². The Kier molecular flexibility index (Phi) is 6.29. The number of rotatable bonds is 5. The van der Waals surface area contributed by atoms with Gasteiger partial charge in [0.2, 0.25) is 5.91 Å². The molecule has 0 spiro atoms. The van der Waals surface area contributed by atoms with Gasteiger partial charge in [-0.05, 0) is 64.4 Å². The molecule has 1 N–H and O–H groups in total. The highest BCUT2D eigenvalue weighted by atomic mass is 35.5. The van der Waals surface area contributed by atoms with Gasteiger partial charge in [0, 0.05) is 28.5 Å². The smallest absolute Gasteiger partial charge is 0.233 e. The molecule has 0 radical (unpaired) electrons. The highest BCUT2D eigenvalue weighted by molar-refractivity contribution is 8.00. The lowest BCUT2D eigenvalue weighted by atomic mass is 10.1. The first-order valence-electron chi connectivity index (χ1n) is 9.27. The monoisotopic (exact) mass is 429 g/mol. The van der Waals surface area contributed by atoms with Crippen LogP contribution in [-0.4, -0.2) is 36.4 Å². The van der Waals surface area contributed by atoms with Crippen molar-refractivity contribution < 1.29 is 4.79 Å². The number of hydrogen-bond donors (Lipinski definition) is 1. The minimum atomic E-state index is -0.345. The standard InChI is InChI=1S/C21H24ClN5OS/c1-13-16(22)7-6-8-17(13)27-18(15-9-11-23-12-10-15)25-26-20(27)29-14(2)19(28)24-21(3,4)5/h6-12,14H,1-5H3,(H,24,28). The van der Waals surface area contributed by atoms with E-state index in [-0.39, 0.29) is 16.7 Å². The average Bonchev–Trinajstić information content (AvgIpc) is 3.06. The van der Waals surface area contributed by atoms with Crippen LogP contribution in [0.25, 0.3) is 17.1 Å². The zero-order chi connectivity index (χ0) is 21.2. The number of halogens is 1. The van der Waals surface area contributed by atoms with Crippen LogP contribution in [0, 0.1) is 6.92 Å². The maximum absolute atomic E-state index is 12.6. The Morgan fingerprint density at radius 2 is 1.86 bits per heavy atom. The second-order valence-electron chi connectivity index (χ2n) is 7.76. The summed E-state index contributed by atoms with van der Waals surface area (Å²) in [5, 5.41) is 12.7. The summed E-state index contributed by atoms with van der Waals surface area (Å²) in [6.07, 6.45) is 3.43. The molecule has 0 saturated heterocycles. The lowest BCUT2D eigenvalue weighted by molar-refractivity contribution is -0.121. The number of amides is 1. The van der Waals surface area contributed by atoms with Gasteiger partial charge in [0.15, 0.2) is 11.0 Å². The van der Waals surface area contributed by atoms with Crippen molar-refractivity contribution >= 4 is 29.3 Å². The fourth-order valence-corrected chi connectivity index (χ4v) is 3.80. The van der Waals surface area contributed by atoms with Crippen LogP contribution in [0.15, 0.2) is 47.9 Å². The van der Waals surface area contributed by atoms with E-state index >= 15 is 0 Å². The zero-order valence-electron chi connectivity index (χ0n) is 17.1. The first kappa shape index (κ1) is 21.3. The van der Waals surface area contributed by atoms with E-state index in [2.05, 4.69) is 20.5 Å². The quantitative estimate of drug-likeness (QED) is 0.596. The van der Waals surface area contributed by atoms with Crippen LogP contribution in [-0.2, 0) is 4.79 Å². The van der Waals surface area contributed by atoms with Gasteiger partial charge in [-0.3, -0.25) is 14.3 Å². The molecule has 2 heterocycles. The van der Waals surface area contributed by atoms with Crippen LogP contribution >= 0.6 is 23.4 Å². The lowest BCUT2D eigenvalue weighted by Crippen LogP contribution is -2.44.